The maximum atomic E-state index is 11.2. The topological polar surface area (TPSA) is 69.6 Å². The number of amides is 1. The van der Waals surface area contributed by atoms with Gasteiger partial charge < -0.3 is 15.5 Å². The zero-order valence-corrected chi connectivity index (χ0v) is 8.41. The Balaban J connectivity index is 1.93. The van der Waals surface area contributed by atoms with Gasteiger partial charge in [-0.3, -0.25) is 4.79 Å². The normalized spacial score (nSPS) is 25.6. The SMILES string of the molecule is O=C(CCCCO)NCC1CC(O)C1. The van der Waals surface area contributed by atoms with Gasteiger partial charge in [-0.1, -0.05) is 0 Å². The van der Waals surface area contributed by atoms with Crippen LogP contribution in [0.1, 0.15) is 32.1 Å². The summed E-state index contributed by atoms with van der Waals surface area (Å²) in [6.45, 7) is 0.844. The van der Waals surface area contributed by atoms with Crippen molar-refractivity contribution < 1.29 is 15.0 Å². The van der Waals surface area contributed by atoms with E-state index in [-0.39, 0.29) is 18.6 Å². The number of hydrogen-bond acceptors (Lipinski definition) is 3. The Morgan fingerprint density at radius 3 is 2.64 bits per heavy atom. The lowest BCUT2D eigenvalue weighted by molar-refractivity contribution is -0.121. The average molecular weight is 201 g/mol. The number of aliphatic hydroxyl groups is 2. The Bertz CT molecular complexity index is 178. The second-order valence-electron chi connectivity index (χ2n) is 3.98. The van der Waals surface area contributed by atoms with E-state index in [0.29, 0.717) is 25.3 Å². The van der Waals surface area contributed by atoms with E-state index in [9.17, 15) is 4.79 Å². The highest BCUT2D eigenvalue weighted by atomic mass is 16.3. The van der Waals surface area contributed by atoms with Gasteiger partial charge in [0.25, 0.3) is 0 Å². The maximum absolute atomic E-state index is 11.2. The van der Waals surface area contributed by atoms with Crippen molar-refractivity contribution in [3.8, 4) is 0 Å². The molecule has 0 saturated heterocycles. The first-order valence-corrected chi connectivity index (χ1v) is 5.28. The van der Waals surface area contributed by atoms with Crippen molar-refractivity contribution in [1.29, 1.82) is 0 Å². The molecule has 0 bridgehead atoms. The second kappa shape index (κ2) is 5.98. The molecule has 0 radical (unpaired) electrons. The summed E-state index contributed by atoms with van der Waals surface area (Å²) in [5.74, 6) is 0.520. The van der Waals surface area contributed by atoms with Crippen LogP contribution in [-0.2, 0) is 4.79 Å². The van der Waals surface area contributed by atoms with Crippen molar-refractivity contribution in [1.82, 2.24) is 5.32 Å². The van der Waals surface area contributed by atoms with Crippen LogP contribution in [0.25, 0.3) is 0 Å². The molecule has 4 nitrogen and oxygen atoms in total. The Morgan fingerprint density at radius 2 is 2.07 bits per heavy atom. The van der Waals surface area contributed by atoms with E-state index in [2.05, 4.69) is 5.32 Å². The molecular formula is C10H19NO3. The molecule has 0 atom stereocenters. The van der Waals surface area contributed by atoms with Crippen molar-refractivity contribution in [2.75, 3.05) is 13.2 Å². The molecule has 14 heavy (non-hydrogen) atoms. The zero-order valence-electron chi connectivity index (χ0n) is 8.41. The predicted octanol–water partition coefficient (Wildman–Crippen LogP) is 0.0361. The van der Waals surface area contributed by atoms with Gasteiger partial charge in [-0.05, 0) is 31.6 Å². The maximum Gasteiger partial charge on any atom is 0.220 e. The third-order valence-corrected chi connectivity index (χ3v) is 2.61. The van der Waals surface area contributed by atoms with Crippen molar-refractivity contribution in [3.63, 3.8) is 0 Å². The number of nitrogens with one attached hydrogen (secondary N) is 1. The quantitative estimate of drug-likeness (QED) is 0.531. The highest BCUT2D eigenvalue weighted by molar-refractivity contribution is 5.75. The fourth-order valence-electron chi connectivity index (χ4n) is 1.61. The Kier molecular flexibility index (Phi) is 4.90. The van der Waals surface area contributed by atoms with Gasteiger partial charge in [0.1, 0.15) is 0 Å². The average Bonchev–Trinajstić information content (AvgIpc) is 2.11. The molecule has 0 heterocycles. The van der Waals surface area contributed by atoms with E-state index in [0.717, 1.165) is 19.3 Å². The van der Waals surface area contributed by atoms with Crippen molar-refractivity contribution >= 4 is 5.91 Å². The van der Waals surface area contributed by atoms with E-state index < -0.39 is 0 Å². The summed E-state index contributed by atoms with van der Waals surface area (Å²) in [6, 6.07) is 0. The van der Waals surface area contributed by atoms with Gasteiger partial charge >= 0.3 is 0 Å². The third kappa shape index (κ3) is 4.07. The molecule has 0 unspecified atom stereocenters. The first-order chi connectivity index (χ1) is 6.72. The first-order valence-electron chi connectivity index (χ1n) is 5.28. The molecule has 3 N–H and O–H groups in total. The van der Waals surface area contributed by atoms with Gasteiger partial charge in [-0.15, -0.1) is 0 Å². The summed E-state index contributed by atoms with van der Waals surface area (Å²) in [4.78, 5) is 11.2. The number of carbonyl (C=O) groups excluding carboxylic acids is 1. The van der Waals surface area contributed by atoms with Crippen LogP contribution in [0.4, 0.5) is 0 Å². The smallest absolute Gasteiger partial charge is 0.220 e. The number of rotatable bonds is 6. The lowest BCUT2D eigenvalue weighted by Crippen LogP contribution is -2.38. The number of unbranched alkanes of at least 4 members (excludes halogenated alkanes) is 1. The number of carbonyl (C=O) groups is 1. The Hall–Kier alpha value is -0.610. The molecular weight excluding hydrogens is 182 g/mol. The van der Waals surface area contributed by atoms with Gasteiger partial charge in [0.15, 0.2) is 0 Å². The molecule has 0 aliphatic heterocycles. The van der Waals surface area contributed by atoms with Gasteiger partial charge in [0.05, 0.1) is 6.10 Å². The molecule has 0 aromatic rings. The van der Waals surface area contributed by atoms with E-state index in [1.807, 2.05) is 0 Å². The molecule has 1 saturated carbocycles. The summed E-state index contributed by atoms with van der Waals surface area (Å²) in [7, 11) is 0. The van der Waals surface area contributed by atoms with Crippen molar-refractivity contribution in [2.45, 2.75) is 38.2 Å². The molecule has 1 fully saturated rings. The largest absolute Gasteiger partial charge is 0.396 e. The molecule has 1 amide bonds. The van der Waals surface area contributed by atoms with Gasteiger partial charge in [-0.25, -0.2) is 0 Å². The van der Waals surface area contributed by atoms with Crippen LogP contribution in [0.2, 0.25) is 0 Å². The lowest BCUT2D eigenvalue weighted by Gasteiger charge is -2.31. The predicted molar refractivity (Wildman–Crippen MR) is 52.7 cm³/mol. The van der Waals surface area contributed by atoms with Crippen molar-refractivity contribution in [2.24, 2.45) is 5.92 Å². The van der Waals surface area contributed by atoms with E-state index in [4.69, 9.17) is 10.2 Å². The van der Waals surface area contributed by atoms with Crippen LogP contribution in [-0.4, -0.2) is 35.4 Å². The summed E-state index contributed by atoms with van der Waals surface area (Å²) < 4.78 is 0. The van der Waals surface area contributed by atoms with E-state index >= 15 is 0 Å². The van der Waals surface area contributed by atoms with Crippen LogP contribution in [0, 0.1) is 5.92 Å². The van der Waals surface area contributed by atoms with Crippen LogP contribution in [0.3, 0.4) is 0 Å². The van der Waals surface area contributed by atoms with E-state index in [1.54, 1.807) is 0 Å². The van der Waals surface area contributed by atoms with Gasteiger partial charge in [0.2, 0.25) is 5.91 Å². The van der Waals surface area contributed by atoms with Crippen LogP contribution >= 0.6 is 0 Å². The molecule has 82 valence electrons. The van der Waals surface area contributed by atoms with Crippen LogP contribution in [0.5, 0.6) is 0 Å². The summed E-state index contributed by atoms with van der Waals surface area (Å²) in [5, 5.41) is 20.4. The minimum absolute atomic E-state index is 0.0554. The van der Waals surface area contributed by atoms with Gasteiger partial charge in [0, 0.05) is 19.6 Å². The fourth-order valence-corrected chi connectivity index (χ4v) is 1.61. The monoisotopic (exact) mass is 201 g/mol. The van der Waals surface area contributed by atoms with Crippen LogP contribution < -0.4 is 5.32 Å². The highest BCUT2D eigenvalue weighted by Gasteiger charge is 2.26. The number of aliphatic hydroxyl groups excluding tert-OH is 2. The molecule has 0 spiro atoms. The third-order valence-electron chi connectivity index (χ3n) is 2.61. The second-order valence-corrected chi connectivity index (χ2v) is 3.98. The van der Waals surface area contributed by atoms with Crippen LogP contribution in [0.15, 0.2) is 0 Å². The molecule has 0 aromatic heterocycles. The zero-order chi connectivity index (χ0) is 10.4. The molecule has 0 aromatic carbocycles. The molecule has 1 rings (SSSR count). The van der Waals surface area contributed by atoms with Crippen molar-refractivity contribution in [3.05, 3.63) is 0 Å². The van der Waals surface area contributed by atoms with Gasteiger partial charge in [-0.2, -0.15) is 0 Å². The summed E-state index contributed by atoms with van der Waals surface area (Å²) in [6.07, 6.45) is 3.42. The summed E-state index contributed by atoms with van der Waals surface area (Å²) in [5.41, 5.74) is 0. The molecule has 4 heteroatoms. The summed E-state index contributed by atoms with van der Waals surface area (Å²) >= 11 is 0. The standard InChI is InChI=1S/C10H19NO3/c12-4-2-1-3-10(14)11-7-8-5-9(13)6-8/h8-9,12-13H,1-7H2,(H,11,14). The Labute approximate surface area is 84.3 Å². The minimum atomic E-state index is -0.147. The number of hydrogen-bond donors (Lipinski definition) is 3. The molecule has 1 aliphatic rings. The first kappa shape index (κ1) is 11.5. The fraction of sp³-hybridized carbons (Fsp3) is 0.900. The van der Waals surface area contributed by atoms with E-state index in [1.165, 1.54) is 0 Å². The molecule has 1 aliphatic carbocycles. The minimum Gasteiger partial charge on any atom is -0.396 e. The highest BCUT2D eigenvalue weighted by Crippen LogP contribution is 2.25. The Morgan fingerprint density at radius 1 is 1.36 bits per heavy atom. The lowest BCUT2D eigenvalue weighted by atomic mass is 9.82.